The molecule has 106 valence electrons. The second-order valence-electron chi connectivity index (χ2n) is 5.26. The number of benzene rings is 1. The molecule has 0 bridgehead atoms. The van der Waals surface area contributed by atoms with Crippen LogP contribution in [0.5, 0.6) is 0 Å². The zero-order valence-electron chi connectivity index (χ0n) is 11.6. The first-order valence-corrected chi connectivity index (χ1v) is 8.01. The summed E-state index contributed by atoms with van der Waals surface area (Å²) in [5.41, 5.74) is 4.59. The zero-order valence-corrected chi connectivity index (χ0v) is 13.1. The average Bonchev–Trinajstić information content (AvgIpc) is 2.68. The van der Waals surface area contributed by atoms with Crippen molar-refractivity contribution in [3.63, 3.8) is 0 Å². The first-order valence-electron chi connectivity index (χ1n) is 7.25. The molecular formula is C16H18Cl2N2. The van der Waals surface area contributed by atoms with E-state index in [0.29, 0.717) is 10.0 Å². The van der Waals surface area contributed by atoms with Crippen LogP contribution in [0.4, 0.5) is 5.69 Å². The van der Waals surface area contributed by atoms with Crippen LogP contribution >= 0.6 is 23.2 Å². The maximum absolute atomic E-state index is 6.36. The van der Waals surface area contributed by atoms with E-state index in [4.69, 9.17) is 28.2 Å². The fourth-order valence-corrected chi connectivity index (χ4v) is 3.35. The third-order valence-corrected chi connectivity index (χ3v) is 4.72. The van der Waals surface area contributed by atoms with Gasteiger partial charge in [0.1, 0.15) is 0 Å². The lowest BCUT2D eigenvalue weighted by Crippen LogP contribution is -2.06. The number of halogens is 2. The van der Waals surface area contributed by atoms with Crippen molar-refractivity contribution >= 4 is 39.8 Å². The van der Waals surface area contributed by atoms with Crippen molar-refractivity contribution in [2.24, 2.45) is 0 Å². The van der Waals surface area contributed by atoms with E-state index in [1.165, 1.54) is 36.2 Å². The maximum Gasteiger partial charge on any atom is 0.0927 e. The van der Waals surface area contributed by atoms with Crippen LogP contribution in [0.3, 0.4) is 0 Å². The van der Waals surface area contributed by atoms with Gasteiger partial charge in [-0.25, -0.2) is 0 Å². The zero-order chi connectivity index (χ0) is 14.1. The van der Waals surface area contributed by atoms with E-state index >= 15 is 0 Å². The molecule has 0 saturated carbocycles. The molecule has 0 radical (unpaired) electrons. The van der Waals surface area contributed by atoms with Crippen molar-refractivity contribution in [1.29, 1.82) is 0 Å². The van der Waals surface area contributed by atoms with E-state index in [1.54, 1.807) is 0 Å². The Bertz CT molecular complexity index is 653. The minimum atomic E-state index is 0.565. The van der Waals surface area contributed by atoms with Gasteiger partial charge in [0.2, 0.25) is 0 Å². The summed E-state index contributed by atoms with van der Waals surface area (Å²) in [5.74, 6) is 0. The van der Waals surface area contributed by atoms with Crippen LogP contribution in [0.2, 0.25) is 10.0 Å². The average molecular weight is 309 g/mol. The smallest absolute Gasteiger partial charge is 0.0927 e. The van der Waals surface area contributed by atoms with Crippen molar-refractivity contribution in [2.75, 3.05) is 11.9 Å². The van der Waals surface area contributed by atoms with E-state index in [1.807, 2.05) is 12.1 Å². The molecule has 1 aliphatic carbocycles. The molecule has 0 fully saturated rings. The molecule has 0 aliphatic heterocycles. The molecule has 0 amide bonds. The molecule has 1 aromatic heterocycles. The van der Waals surface area contributed by atoms with Crippen LogP contribution < -0.4 is 5.32 Å². The van der Waals surface area contributed by atoms with Crippen LogP contribution in [-0.4, -0.2) is 11.5 Å². The number of anilines is 1. The third kappa shape index (κ3) is 2.36. The van der Waals surface area contributed by atoms with Gasteiger partial charge in [-0.3, -0.25) is 4.98 Å². The molecule has 0 saturated heterocycles. The highest BCUT2D eigenvalue weighted by atomic mass is 35.5. The van der Waals surface area contributed by atoms with Gasteiger partial charge >= 0.3 is 0 Å². The highest BCUT2D eigenvalue weighted by molar-refractivity contribution is 6.45. The minimum Gasteiger partial charge on any atom is -0.384 e. The summed E-state index contributed by atoms with van der Waals surface area (Å²) in [6.45, 7) is 3.01. The summed E-state index contributed by atoms with van der Waals surface area (Å²) in [6, 6.07) is 3.89. The highest BCUT2D eigenvalue weighted by Gasteiger charge is 2.18. The van der Waals surface area contributed by atoms with E-state index in [2.05, 4.69) is 12.2 Å². The Kier molecular flexibility index (Phi) is 4.04. The largest absolute Gasteiger partial charge is 0.384 e. The molecule has 1 N–H and O–H groups in total. The van der Waals surface area contributed by atoms with E-state index in [-0.39, 0.29) is 0 Å². The lowest BCUT2D eigenvalue weighted by atomic mass is 10.0. The fraction of sp³-hybridized carbons (Fsp3) is 0.438. The maximum atomic E-state index is 6.36. The van der Waals surface area contributed by atoms with Gasteiger partial charge in [-0.2, -0.15) is 0 Å². The summed E-state index contributed by atoms with van der Waals surface area (Å²) in [4.78, 5) is 4.82. The number of pyridine rings is 1. The van der Waals surface area contributed by atoms with Crippen LogP contribution in [0.1, 0.15) is 37.4 Å². The lowest BCUT2D eigenvalue weighted by Gasteiger charge is -2.17. The molecule has 20 heavy (non-hydrogen) atoms. The summed E-state index contributed by atoms with van der Waals surface area (Å²) in [7, 11) is 0. The fourth-order valence-electron chi connectivity index (χ4n) is 2.99. The van der Waals surface area contributed by atoms with Crippen molar-refractivity contribution in [3.8, 4) is 0 Å². The number of aromatic nitrogens is 1. The lowest BCUT2D eigenvalue weighted by molar-refractivity contribution is 0.709. The number of rotatable bonds is 2. The molecule has 3 rings (SSSR count). The standard InChI is InChI=1S/C16H18Cl2N2/c1-2-19-15-10-6-4-3-5-7-13(10)20-16-11(15)8-9-12(17)14(16)18/h8-9H,2-7H2,1H3,(H,19,20). The van der Waals surface area contributed by atoms with Crippen LogP contribution in [0.25, 0.3) is 10.9 Å². The van der Waals surface area contributed by atoms with Crippen LogP contribution in [0.15, 0.2) is 12.1 Å². The second kappa shape index (κ2) is 5.79. The Labute approximate surface area is 129 Å². The summed E-state index contributed by atoms with van der Waals surface area (Å²) in [6.07, 6.45) is 5.84. The molecule has 2 aromatic rings. The normalized spacial score (nSPS) is 14.9. The minimum absolute atomic E-state index is 0.565. The Morgan fingerprint density at radius 2 is 1.95 bits per heavy atom. The third-order valence-electron chi connectivity index (χ3n) is 3.93. The second-order valence-corrected chi connectivity index (χ2v) is 6.05. The van der Waals surface area contributed by atoms with Gasteiger partial charge < -0.3 is 5.32 Å². The molecule has 0 spiro atoms. The summed E-state index contributed by atoms with van der Waals surface area (Å²) >= 11 is 12.5. The highest BCUT2D eigenvalue weighted by Crippen LogP contribution is 2.37. The predicted molar refractivity (Wildman–Crippen MR) is 87.2 cm³/mol. The Hall–Kier alpha value is -0.990. The number of nitrogens with zero attached hydrogens (tertiary/aromatic N) is 1. The molecule has 1 heterocycles. The molecule has 0 unspecified atom stereocenters. The Balaban J connectivity index is 2.32. The molecule has 1 aromatic carbocycles. The number of fused-ring (bicyclic) bond motifs is 2. The first-order chi connectivity index (χ1) is 9.72. The van der Waals surface area contributed by atoms with Crippen molar-refractivity contribution < 1.29 is 0 Å². The van der Waals surface area contributed by atoms with Gasteiger partial charge in [-0.15, -0.1) is 0 Å². The number of nitrogens with one attached hydrogen (secondary N) is 1. The summed E-state index contributed by atoms with van der Waals surface area (Å²) < 4.78 is 0. The first kappa shape index (κ1) is 14.0. The Morgan fingerprint density at radius 1 is 1.15 bits per heavy atom. The Morgan fingerprint density at radius 3 is 2.75 bits per heavy atom. The van der Waals surface area contributed by atoms with Gasteiger partial charge in [0.25, 0.3) is 0 Å². The monoisotopic (exact) mass is 308 g/mol. The van der Waals surface area contributed by atoms with Crippen LogP contribution in [-0.2, 0) is 12.8 Å². The van der Waals surface area contributed by atoms with Crippen molar-refractivity contribution in [1.82, 2.24) is 4.98 Å². The molecule has 4 heteroatoms. The molecule has 2 nitrogen and oxygen atoms in total. The van der Waals surface area contributed by atoms with Gasteiger partial charge in [-0.1, -0.05) is 29.6 Å². The van der Waals surface area contributed by atoms with Gasteiger partial charge in [-0.05, 0) is 50.3 Å². The van der Waals surface area contributed by atoms with Crippen LogP contribution in [0, 0.1) is 0 Å². The quantitative estimate of drug-likeness (QED) is 0.767. The van der Waals surface area contributed by atoms with Gasteiger partial charge in [0, 0.05) is 23.3 Å². The van der Waals surface area contributed by atoms with E-state index in [9.17, 15) is 0 Å². The predicted octanol–water partition coefficient (Wildman–Crippen LogP) is 5.24. The van der Waals surface area contributed by atoms with Gasteiger partial charge in [0.05, 0.1) is 15.6 Å². The number of hydrogen-bond acceptors (Lipinski definition) is 2. The number of aryl methyl sites for hydroxylation is 1. The number of hydrogen-bond donors (Lipinski definition) is 1. The van der Waals surface area contributed by atoms with E-state index in [0.717, 1.165) is 30.3 Å². The van der Waals surface area contributed by atoms with Crippen molar-refractivity contribution in [2.45, 2.75) is 39.0 Å². The van der Waals surface area contributed by atoms with Crippen molar-refractivity contribution in [3.05, 3.63) is 33.4 Å². The topological polar surface area (TPSA) is 24.9 Å². The molecule has 1 aliphatic rings. The van der Waals surface area contributed by atoms with E-state index < -0.39 is 0 Å². The van der Waals surface area contributed by atoms with Gasteiger partial charge in [0.15, 0.2) is 0 Å². The molecule has 0 atom stereocenters. The summed E-state index contributed by atoms with van der Waals surface area (Å²) in [5, 5.41) is 5.73. The SMILES string of the molecule is CCNc1c2c(nc3c(Cl)c(Cl)ccc13)CCCCC2. The molecular weight excluding hydrogens is 291 g/mol.